The molecule has 92 valence electrons. The van der Waals surface area contributed by atoms with E-state index in [0.29, 0.717) is 10.5 Å². The monoisotopic (exact) mass is 278 g/mol. The zero-order chi connectivity index (χ0) is 12.5. The van der Waals surface area contributed by atoms with Crippen molar-refractivity contribution in [3.8, 4) is 0 Å². The molecule has 0 N–H and O–H groups in total. The van der Waals surface area contributed by atoms with E-state index in [4.69, 9.17) is 11.6 Å². The molecular weight excluding hydrogens is 269 g/mol. The number of benzene rings is 1. The average Bonchev–Trinajstić information content (AvgIpc) is 2.74. The van der Waals surface area contributed by atoms with Gasteiger partial charge in [0, 0.05) is 5.92 Å². The first kappa shape index (κ1) is 12.8. The Labute approximate surface area is 107 Å². The lowest BCUT2D eigenvalue weighted by Gasteiger charge is -2.21. The van der Waals surface area contributed by atoms with Crippen LogP contribution in [0.25, 0.3) is 0 Å². The van der Waals surface area contributed by atoms with Crippen molar-refractivity contribution in [2.24, 2.45) is 0 Å². The first-order valence-electron chi connectivity index (χ1n) is 5.07. The zero-order valence-electron chi connectivity index (χ0n) is 8.75. The standard InChI is InChI=1S/C12H10ClF3S/c13-7-9-6-10(8-4-2-1-3-5-8)11(17-9)12(14,15)16/h1-6,10-11H,7H2. The summed E-state index contributed by atoms with van der Waals surface area (Å²) in [4.78, 5) is 0.600. The second-order valence-corrected chi connectivity index (χ2v) is 5.32. The number of alkyl halides is 4. The summed E-state index contributed by atoms with van der Waals surface area (Å²) >= 11 is 6.44. The number of hydrogen-bond acceptors (Lipinski definition) is 1. The van der Waals surface area contributed by atoms with Crippen LogP contribution in [0, 0.1) is 0 Å². The molecule has 2 atom stereocenters. The van der Waals surface area contributed by atoms with Crippen molar-refractivity contribution in [3.63, 3.8) is 0 Å². The van der Waals surface area contributed by atoms with Gasteiger partial charge in [-0.15, -0.1) is 23.4 Å². The van der Waals surface area contributed by atoms with Crippen LogP contribution < -0.4 is 0 Å². The van der Waals surface area contributed by atoms with Crippen LogP contribution in [0.5, 0.6) is 0 Å². The van der Waals surface area contributed by atoms with Crippen molar-refractivity contribution in [2.75, 3.05) is 5.88 Å². The Morgan fingerprint density at radius 2 is 1.82 bits per heavy atom. The highest BCUT2D eigenvalue weighted by Gasteiger charge is 2.48. The molecule has 0 nitrogen and oxygen atoms in total. The fourth-order valence-corrected chi connectivity index (χ4v) is 3.26. The van der Waals surface area contributed by atoms with Crippen LogP contribution in [-0.4, -0.2) is 17.3 Å². The van der Waals surface area contributed by atoms with Crippen LogP contribution >= 0.6 is 23.4 Å². The molecule has 1 heterocycles. The van der Waals surface area contributed by atoms with Crippen molar-refractivity contribution >= 4 is 23.4 Å². The molecule has 0 saturated heterocycles. The Hall–Kier alpha value is -0.610. The maximum Gasteiger partial charge on any atom is 0.401 e. The second kappa shape index (κ2) is 4.94. The molecule has 0 spiro atoms. The minimum Gasteiger partial charge on any atom is -0.170 e. The summed E-state index contributed by atoms with van der Waals surface area (Å²) in [5, 5.41) is -1.42. The largest absolute Gasteiger partial charge is 0.401 e. The van der Waals surface area contributed by atoms with Gasteiger partial charge in [-0.05, 0) is 10.5 Å². The Balaban J connectivity index is 2.32. The van der Waals surface area contributed by atoms with Crippen molar-refractivity contribution < 1.29 is 13.2 Å². The SMILES string of the molecule is FC(F)(F)C1SC(CCl)=CC1c1ccccc1. The molecule has 0 aliphatic carbocycles. The molecule has 0 radical (unpaired) electrons. The number of halogens is 4. The molecule has 5 heteroatoms. The number of hydrogen-bond donors (Lipinski definition) is 0. The van der Waals surface area contributed by atoms with E-state index in [-0.39, 0.29) is 5.88 Å². The Morgan fingerprint density at radius 3 is 2.35 bits per heavy atom. The molecule has 2 rings (SSSR count). The third-order valence-electron chi connectivity index (χ3n) is 2.61. The summed E-state index contributed by atoms with van der Waals surface area (Å²) in [7, 11) is 0. The third kappa shape index (κ3) is 2.80. The molecule has 2 unspecified atom stereocenters. The molecule has 0 aromatic heterocycles. The molecule has 1 aromatic rings. The average molecular weight is 279 g/mol. The summed E-state index contributed by atoms with van der Waals surface area (Å²) in [6, 6.07) is 8.73. The fraction of sp³-hybridized carbons (Fsp3) is 0.333. The van der Waals surface area contributed by atoms with Crippen molar-refractivity contribution in [1.29, 1.82) is 0 Å². The normalized spacial score (nSPS) is 24.8. The topological polar surface area (TPSA) is 0 Å². The van der Waals surface area contributed by atoms with Gasteiger partial charge in [0.25, 0.3) is 0 Å². The maximum atomic E-state index is 12.9. The maximum absolute atomic E-state index is 12.9. The van der Waals surface area contributed by atoms with Gasteiger partial charge in [-0.3, -0.25) is 0 Å². The van der Waals surface area contributed by atoms with Gasteiger partial charge in [0.1, 0.15) is 5.25 Å². The van der Waals surface area contributed by atoms with Crippen molar-refractivity contribution in [2.45, 2.75) is 17.3 Å². The highest BCUT2D eigenvalue weighted by atomic mass is 35.5. The van der Waals surface area contributed by atoms with E-state index in [1.165, 1.54) is 0 Å². The van der Waals surface area contributed by atoms with Gasteiger partial charge in [0.2, 0.25) is 0 Å². The molecule has 0 fully saturated rings. The van der Waals surface area contributed by atoms with E-state index in [2.05, 4.69) is 0 Å². The van der Waals surface area contributed by atoms with Gasteiger partial charge in [0.15, 0.2) is 0 Å². The molecule has 1 aliphatic heterocycles. The third-order valence-corrected chi connectivity index (χ3v) is 4.45. The Kier molecular flexibility index (Phi) is 3.73. The smallest absolute Gasteiger partial charge is 0.170 e. The summed E-state index contributed by atoms with van der Waals surface area (Å²) in [6.07, 6.45) is -2.58. The minimum atomic E-state index is -4.21. The lowest BCUT2D eigenvalue weighted by molar-refractivity contribution is -0.130. The Bertz CT molecular complexity index is 414. The minimum absolute atomic E-state index is 0.139. The first-order chi connectivity index (χ1) is 8.02. The van der Waals surface area contributed by atoms with Crippen LogP contribution in [0.2, 0.25) is 0 Å². The van der Waals surface area contributed by atoms with Crippen LogP contribution in [0.15, 0.2) is 41.3 Å². The van der Waals surface area contributed by atoms with Crippen LogP contribution in [0.1, 0.15) is 11.5 Å². The number of rotatable bonds is 2. The molecule has 0 bridgehead atoms. The second-order valence-electron chi connectivity index (χ2n) is 3.78. The highest BCUT2D eigenvalue weighted by molar-refractivity contribution is 8.04. The predicted molar refractivity (Wildman–Crippen MR) is 65.4 cm³/mol. The van der Waals surface area contributed by atoms with Crippen LogP contribution in [-0.2, 0) is 0 Å². The van der Waals surface area contributed by atoms with Gasteiger partial charge in [0.05, 0.1) is 5.88 Å². The molecule has 1 aromatic carbocycles. The zero-order valence-corrected chi connectivity index (χ0v) is 10.3. The Morgan fingerprint density at radius 1 is 1.18 bits per heavy atom. The molecular formula is C12H10ClF3S. The van der Waals surface area contributed by atoms with Crippen molar-refractivity contribution in [1.82, 2.24) is 0 Å². The van der Waals surface area contributed by atoms with Crippen LogP contribution in [0.4, 0.5) is 13.2 Å². The summed E-state index contributed by atoms with van der Waals surface area (Å²) < 4.78 is 38.7. The van der Waals surface area contributed by atoms with Gasteiger partial charge in [-0.25, -0.2) is 0 Å². The quantitative estimate of drug-likeness (QED) is 0.714. The van der Waals surface area contributed by atoms with E-state index >= 15 is 0 Å². The first-order valence-corrected chi connectivity index (χ1v) is 6.49. The van der Waals surface area contributed by atoms with E-state index in [0.717, 1.165) is 11.8 Å². The van der Waals surface area contributed by atoms with Gasteiger partial charge in [-0.2, -0.15) is 13.2 Å². The number of allylic oxidation sites excluding steroid dienone is 2. The van der Waals surface area contributed by atoms with E-state index in [1.807, 2.05) is 0 Å². The van der Waals surface area contributed by atoms with E-state index in [1.54, 1.807) is 36.4 Å². The molecule has 17 heavy (non-hydrogen) atoms. The molecule has 1 aliphatic rings. The van der Waals surface area contributed by atoms with Gasteiger partial charge in [-0.1, -0.05) is 36.4 Å². The number of thioether (sulfide) groups is 1. The van der Waals surface area contributed by atoms with E-state index in [9.17, 15) is 13.2 Å². The van der Waals surface area contributed by atoms with Crippen LogP contribution in [0.3, 0.4) is 0 Å². The van der Waals surface area contributed by atoms with Crippen molar-refractivity contribution in [3.05, 3.63) is 46.9 Å². The summed E-state index contributed by atoms with van der Waals surface area (Å²) in [5.41, 5.74) is 0.683. The van der Waals surface area contributed by atoms with E-state index < -0.39 is 17.3 Å². The highest BCUT2D eigenvalue weighted by Crippen LogP contribution is 2.49. The van der Waals surface area contributed by atoms with Gasteiger partial charge < -0.3 is 0 Å². The lowest BCUT2D eigenvalue weighted by Crippen LogP contribution is -2.28. The molecule has 0 amide bonds. The predicted octanol–water partition coefficient (Wildman–Crippen LogP) is 4.57. The lowest BCUT2D eigenvalue weighted by atomic mass is 9.95. The summed E-state index contributed by atoms with van der Waals surface area (Å²) in [5.74, 6) is -0.490. The van der Waals surface area contributed by atoms with Gasteiger partial charge >= 0.3 is 6.18 Å². The molecule has 0 saturated carbocycles. The summed E-state index contributed by atoms with van der Waals surface area (Å²) in [6.45, 7) is 0. The fourth-order valence-electron chi connectivity index (χ4n) is 1.86.